The molecule has 1 atom stereocenters. The highest BCUT2D eigenvalue weighted by Gasteiger charge is 2.15. The number of hydrogen-bond acceptors (Lipinski definition) is 4. The molecule has 1 amide bonds. The maximum Gasteiger partial charge on any atom is 0.251 e. The van der Waals surface area contributed by atoms with Crippen LogP contribution in [0.15, 0.2) is 30.3 Å². The first-order valence-corrected chi connectivity index (χ1v) is 9.39. The van der Waals surface area contributed by atoms with Crippen LogP contribution < -0.4 is 10.7 Å². The number of amides is 1. The summed E-state index contributed by atoms with van der Waals surface area (Å²) in [7, 11) is 0. The smallest absolute Gasteiger partial charge is 0.251 e. The fraction of sp³-hybridized carbons (Fsp3) is 0.571. The van der Waals surface area contributed by atoms with E-state index in [0.717, 1.165) is 39.1 Å². The molecule has 0 aromatic heterocycles. The number of rotatable bonds is 7. The Kier molecular flexibility index (Phi) is 8.11. The van der Waals surface area contributed by atoms with E-state index in [2.05, 4.69) is 48.4 Å². The Hall–Kier alpha value is -1.87. The van der Waals surface area contributed by atoms with Gasteiger partial charge < -0.3 is 10.1 Å². The summed E-state index contributed by atoms with van der Waals surface area (Å²) in [4.78, 5) is 12.1. The van der Waals surface area contributed by atoms with Gasteiger partial charge in [-0.05, 0) is 45.7 Å². The Morgan fingerprint density at radius 3 is 2.58 bits per heavy atom. The molecule has 1 aliphatic rings. The molecule has 0 aliphatic carbocycles. The molecule has 1 heterocycles. The summed E-state index contributed by atoms with van der Waals surface area (Å²) in [5.74, 6) is 6.68. The van der Waals surface area contributed by atoms with E-state index in [9.17, 15) is 4.79 Å². The van der Waals surface area contributed by atoms with Crippen LogP contribution >= 0.6 is 0 Å². The molecule has 26 heavy (non-hydrogen) atoms. The molecule has 0 radical (unpaired) electrons. The number of morpholine rings is 1. The minimum atomic E-state index is -0.0240. The average molecular weight is 357 g/mol. The number of hydrazine groups is 1. The van der Waals surface area contributed by atoms with Gasteiger partial charge in [0.2, 0.25) is 0 Å². The van der Waals surface area contributed by atoms with Crippen molar-refractivity contribution < 1.29 is 9.53 Å². The second-order valence-corrected chi connectivity index (χ2v) is 7.56. The van der Waals surface area contributed by atoms with Crippen LogP contribution in [0, 0.1) is 17.3 Å². The maximum atomic E-state index is 12.1. The molecule has 142 valence electrons. The minimum Gasteiger partial charge on any atom is -0.379 e. The molecule has 5 heteroatoms. The van der Waals surface area contributed by atoms with Gasteiger partial charge in [-0.1, -0.05) is 30.0 Å². The lowest BCUT2D eigenvalue weighted by atomic mass is 9.97. The second-order valence-electron chi connectivity index (χ2n) is 7.56. The van der Waals surface area contributed by atoms with E-state index in [-0.39, 0.29) is 17.4 Å². The first kappa shape index (κ1) is 20.4. The third-order valence-electron chi connectivity index (χ3n) is 3.96. The van der Waals surface area contributed by atoms with Crippen LogP contribution in [0.5, 0.6) is 0 Å². The van der Waals surface area contributed by atoms with Crippen molar-refractivity contribution in [2.45, 2.75) is 39.7 Å². The Morgan fingerprint density at radius 1 is 1.23 bits per heavy atom. The molecular weight excluding hydrogens is 326 g/mol. The lowest BCUT2D eigenvalue weighted by Gasteiger charge is -2.30. The van der Waals surface area contributed by atoms with Crippen LogP contribution in [0.3, 0.4) is 0 Å². The van der Waals surface area contributed by atoms with Crippen LogP contribution in [0.1, 0.15) is 44.0 Å². The van der Waals surface area contributed by atoms with Crippen LogP contribution in [0.2, 0.25) is 0 Å². The van der Waals surface area contributed by atoms with E-state index in [1.165, 1.54) is 0 Å². The zero-order chi connectivity index (χ0) is 18.8. The van der Waals surface area contributed by atoms with E-state index in [4.69, 9.17) is 4.74 Å². The Labute approximate surface area is 157 Å². The number of carbonyl (C=O) groups excluding carboxylic acids is 1. The summed E-state index contributed by atoms with van der Waals surface area (Å²) >= 11 is 0. The topological polar surface area (TPSA) is 53.6 Å². The van der Waals surface area contributed by atoms with Gasteiger partial charge in [-0.3, -0.25) is 4.79 Å². The highest BCUT2D eigenvalue weighted by Crippen LogP contribution is 2.11. The Bertz CT molecular complexity index is 608. The summed E-state index contributed by atoms with van der Waals surface area (Å²) in [5, 5.41) is 5.17. The molecule has 1 aromatic rings. The van der Waals surface area contributed by atoms with Crippen LogP contribution in [-0.4, -0.2) is 49.8 Å². The van der Waals surface area contributed by atoms with Crippen molar-refractivity contribution in [2.24, 2.45) is 5.41 Å². The zero-order valence-corrected chi connectivity index (χ0v) is 16.2. The Balaban J connectivity index is 1.81. The first-order chi connectivity index (χ1) is 12.4. The summed E-state index contributed by atoms with van der Waals surface area (Å²) in [6.07, 6.45) is 1.76. The number of benzene rings is 1. The van der Waals surface area contributed by atoms with Gasteiger partial charge in [0.05, 0.1) is 19.3 Å². The van der Waals surface area contributed by atoms with Gasteiger partial charge in [-0.15, -0.1) is 0 Å². The minimum absolute atomic E-state index is 0.0214. The van der Waals surface area contributed by atoms with E-state index in [1.807, 2.05) is 30.3 Å². The molecule has 2 N–H and O–H groups in total. The largest absolute Gasteiger partial charge is 0.379 e. The van der Waals surface area contributed by atoms with E-state index >= 15 is 0 Å². The number of nitrogens with zero attached hydrogens (tertiary/aromatic N) is 1. The standard InChI is InChI=1S/C21H31N3O2/c1-21(2,3)12-11-19(23-24-14-16-26-17-15-24)10-7-13-22-20(25)18-8-5-4-6-9-18/h4-6,8-9,19,23H,7,10,13-17H2,1-3H3,(H,22,25)/t19-/m1/s1. The number of carbonyl (C=O) groups is 1. The number of hydrogen-bond donors (Lipinski definition) is 2. The van der Waals surface area contributed by atoms with E-state index in [1.54, 1.807) is 0 Å². The predicted molar refractivity (Wildman–Crippen MR) is 105 cm³/mol. The molecule has 0 saturated carbocycles. The first-order valence-electron chi connectivity index (χ1n) is 9.39. The van der Waals surface area contributed by atoms with E-state index < -0.39 is 0 Å². The lowest BCUT2D eigenvalue weighted by molar-refractivity contribution is 0.00719. The number of nitrogens with one attached hydrogen (secondary N) is 2. The van der Waals surface area contributed by atoms with Crippen LogP contribution in [-0.2, 0) is 4.74 Å². The van der Waals surface area contributed by atoms with Crippen molar-refractivity contribution in [3.8, 4) is 11.8 Å². The average Bonchev–Trinajstić information content (AvgIpc) is 2.63. The van der Waals surface area contributed by atoms with E-state index in [0.29, 0.717) is 12.1 Å². The molecule has 5 nitrogen and oxygen atoms in total. The molecule has 1 aromatic carbocycles. The second kappa shape index (κ2) is 10.3. The third kappa shape index (κ3) is 8.01. The molecule has 0 spiro atoms. The SMILES string of the molecule is CC(C)(C)C#C[C@@H](CCCNC(=O)c1ccccc1)NN1CCOCC1. The van der Waals surface area contributed by atoms with Crippen LogP contribution in [0.4, 0.5) is 0 Å². The molecule has 1 aliphatic heterocycles. The molecular formula is C21H31N3O2. The van der Waals surface area contributed by atoms with Crippen molar-refractivity contribution in [3.05, 3.63) is 35.9 Å². The van der Waals surface area contributed by atoms with Gasteiger partial charge in [0, 0.05) is 30.6 Å². The van der Waals surface area contributed by atoms with Gasteiger partial charge in [0.25, 0.3) is 5.91 Å². The molecule has 2 rings (SSSR count). The van der Waals surface area contributed by atoms with Gasteiger partial charge >= 0.3 is 0 Å². The maximum absolute atomic E-state index is 12.1. The predicted octanol–water partition coefficient (Wildman–Crippen LogP) is 2.45. The normalized spacial score (nSPS) is 16.4. The molecule has 1 fully saturated rings. The van der Waals surface area contributed by atoms with Crippen molar-refractivity contribution in [1.29, 1.82) is 0 Å². The summed E-state index contributed by atoms with van der Waals surface area (Å²) in [6.45, 7) is 10.2. The third-order valence-corrected chi connectivity index (χ3v) is 3.96. The summed E-state index contributed by atoms with van der Waals surface area (Å²) < 4.78 is 5.40. The summed E-state index contributed by atoms with van der Waals surface area (Å²) in [5.41, 5.74) is 4.19. The van der Waals surface area contributed by atoms with Gasteiger partial charge in [0.1, 0.15) is 0 Å². The molecule has 1 saturated heterocycles. The monoisotopic (exact) mass is 357 g/mol. The fourth-order valence-corrected chi connectivity index (χ4v) is 2.59. The lowest BCUT2D eigenvalue weighted by Crippen LogP contribution is -2.50. The highest BCUT2D eigenvalue weighted by molar-refractivity contribution is 5.94. The fourth-order valence-electron chi connectivity index (χ4n) is 2.59. The zero-order valence-electron chi connectivity index (χ0n) is 16.2. The molecule has 0 unspecified atom stereocenters. The van der Waals surface area contributed by atoms with Crippen molar-refractivity contribution >= 4 is 5.91 Å². The van der Waals surface area contributed by atoms with Crippen LogP contribution in [0.25, 0.3) is 0 Å². The van der Waals surface area contributed by atoms with Crippen molar-refractivity contribution in [1.82, 2.24) is 15.8 Å². The van der Waals surface area contributed by atoms with Gasteiger partial charge in [-0.2, -0.15) is 0 Å². The summed E-state index contributed by atoms with van der Waals surface area (Å²) in [6, 6.07) is 9.39. The Morgan fingerprint density at radius 2 is 1.92 bits per heavy atom. The van der Waals surface area contributed by atoms with Gasteiger partial charge in [0.15, 0.2) is 0 Å². The van der Waals surface area contributed by atoms with Crippen molar-refractivity contribution in [3.63, 3.8) is 0 Å². The van der Waals surface area contributed by atoms with Crippen molar-refractivity contribution in [2.75, 3.05) is 32.8 Å². The van der Waals surface area contributed by atoms with Gasteiger partial charge in [-0.25, -0.2) is 10.4 Å². The highest BCUT2D eigenvalue weighted by atomic mass is 16.5. The quantitative estimate of drug-likeness (QED) is 0.581. The molecule has 0 bridgehead atoms. The number of ether oxygens (including phenoxy) is 1.